The average Bonchev–Trinajstić information content (AvgIpc) is 3.08. The summed E-state index contributed by atoms with van der Waals surface area (Å²) in [5.74, 6) is 0.861. The van der Waals surface area contributed by atoms with Gasteiger partial charge in [-0.2, -0.15) is 5.26 Å². The van der Waals surface area contributed by atoms with Gasteiger partial charge in [-0.05, 0) is 32.8 Å². The molecule has 18 heavy (non-hydrogen) atoms. The van der Waals surface area contributed by atoms with E-state index < -0.39 is 0 Å². The fraction of sp³-hybridized carbons (Fsp3) is 0.533. The number of rotatable bonds is 5. The minimum atomic E-state index is -0.0361. The first-order chi connectivity index (χ1) is 8.56. The minimum Gasteiger partial charge on any atom is -0.493 e. The highest BCUT2D eigenvalue weighted by Gasteiger charge is 2.43. The van der Waals surface area contributed by atoms with Gasteiger partial charge in [0.15, 0.2) is 0 Å². The third-order valence-corrected chi connectivity index (χ3v) is 3.60. The standard InChI is InChI=1S/C15H20N2O/c1-11-3-4-14(13(9-11)12(2)17)18-10-15(5-6-15)7-8-16/h3-4,9,12H,5-7,10,17H2,1-2H3/t12-/m1/s1. The summed E-state index contributed by atoms with van der Waals surface area (Å²) in [6.45, 7) is 4.64. The van der Waals surface area contributed by atoms with Crippen LogP contribution in [0.25, 0.3) is 0 Å². The van der Waals surface area contributed by atoms with Crippen LogP contribution in [-0.4, -0.2) is 6.61 Å². The van der Waals surface area contributed by atoms with Crippen molar-refractivity contribution >= 4 is 0 Å². The van der Waals surface area contributed by atoms with Crippen LogP contribution in [0.3, 0.4) is 0 Å². The van der Waals surface area contributed by atoms with E-state index in [4.69, 9.17) is 15.7 Å². The first-order valence-electron chi connectivity index (χ1n) is 6.42. The third kappa shape index (κ3) is 2.83. The van der Waals surface area contributed by atoms with Crippen molar-refractivity contribution in [1.29, 1.82) is 5.26 Å². The van der Waals surface area contributed by atoms with Crippen molar-refractivity contribution in [2.45, 2.75) is 39.2 Å². The number of benzene rings is 1. The molecular formula is C15H20N2O. The van der Waals surface area contributed by atoms with E-state index in [-0.39, 0.29) is 11.5 Å². The topological polar surface area (TPSA) is 59.0 Å². The van der Waals surface area contributed by atoms with Crippen LogP contribution >= 0.6 is 0 Å². The van der Waals surface area contributed by atoms with Gasteiger partial charge in [-0.1, -0.05) is 17.7 Å². The molecule has 0 spiro atoms. The predicted molar refractivity (Wildman–Crippen MR) is 71.2 cm³/mol. The molecule has 1 atom stereocenters. The number of aryl methyl sites for hydroxylation is 1. The number of ether oxygens (including phenoxy) is 1. The summed E-state index contributed by atoms with van der Waals surface area (Å²) in [7, 11) is 0. The predicted octanol–water partition coefficient (Wildman–Crippen LogP) is 3.09. The van der Waals surface area contributed by atoms with E-state index in [0.717, 1.165) is 24.2 Å². The van der Waals surface area contributed by atoms with Crippen LogP contribution in [0.2, 0.25) is 0 Å². The molecule has 96 valence electrons. The fourth-order valence-electron chi connectivity index (χ4n) is 2.10. The molecule has 3 heteroatoms. The van der Waals surface area contributed by atoms with E-state index >= 15 is 0 Å². The highest BCUT2D eigenvalue weighted by Crippen LogP contribution is 2.48. The monoisotopic (exact) mass is 244 g/mol. The smallest absolute Gasteiger partial charge is 0.124 e. The molecule has 1 saturated carbocycles. The number of hydrogen-bond acceptors (Lipinski definition) is 3. The van der Waals surface area contributed by atoms with Gasteiger partial charge in [0.05, 0.1) is 12.7 Å². The second kappa shape index (κ2) is 4.99. The summed E-state index contributed by atoms with van der Waals surface area (Å²) in [6, 6.07) is 8.30. The zero-order chi connectivity index (χ0) is 13.2. The van der Waals surface area contributed by atoms with Gasteiger partial charge in [-0.25, -0.2) is 0 Å². The summed E-state index contributed by atoms with van der Waals surface area (Å²) in [6.07, 6.45) is 2.78. The Morgan fingerprint density at radius 2 is 2.22 bits per heavy atom. The molecule has 0 aromatic heterocycles. The molecule has 1 fully saturated rings. The van der Waals surface area contributed by atoms with Gasteiger partial charge >= 0.3 is 0 Å². The molecule has 0 aliphatic heterocycles. The molecule has 0 unspecified atom stereocenters. The SMILES string of the molecule is Cc1ccc(OCC2(CC#N)CC2)c([C@@H](C)N)c1. The lowest BCUT2D eigenvalue weighted by atomic mass is 10.0. The van der Waals surface area contributed by atoms with Crippen molar-refractivity contribution in [2.24, 2.45) is 11.1 Å². The zero-order valence-corrected chi connectivity index (χ0v) is 11.1. The molecule has 1 aliphatic rings. The molecule has 0 amide bonds. The van der Waals surface area contributed by atoms with Gasteiger partial charge in [-0.15, -0.1) is 0 Å². The number of nitrogens with zero attached hydrogens (tertiary/aromatic N) is 1. The Morgan fingerprint density at radius 1 is 1.50 bits per heavy atom. The van der Waals surface area contributed by atoms with E-state index in [1.807, 2.05) is 26.0 Å². The lowest BCUT2D eigenvalue weighted by Gasteiger charge is -2.18. The van der Waals surface area contributed by atoms with Crippen LogP contribution in [0.15, 0.2) is 18.2 Å². The van der Waals surface area contributed by atoms with Crippen molar-refractivity contribution in [3.05, 3.63) is 29.3 Å². The van der Waals surface area contributed by atoms with Gasteiger partial charge < -0.3 is 10.5 Å². The summed E-state index contributed by atoms with van der Waals surface area (Å²) in [4.78, 5) is 0. The maximum absolute atomic E-state index is 8.79. The Labute approximate surface area is 109 Å². The lowest BCUT2D eigenvalue weighted by molar-refractivity contribution is 0.234. The van der Waals surface area contributed by atoms with E-state index in [1.165, 1.54) is 5.56 Å². The van der Waals surface area contributed by atoms with E-state index in [1.54, 1.807) is 0 Å². The molecule has 0 saturated heterocycles. The molecule has 0 heterocycles. The van der Waals surface area contributed by atoms with Crippen LogP contribution in [0.5, 0.6) is 5.75 Å². The molecule has 1 aromatic rings. The number of nitriles is 1. The molecule has 1 aliphatic carbocycles. The van der Waals surface area contributed by atoms with E-state index in [2.05, 4.69) is 12.1 Å². The molecule has 2 N–H and O–H groups in total. The largest absolute Gasteiger partial charge is 0.493 e. The molecular weight excluding hydrogens is 224 g/mol. The molecule has 2 rings (SSSR count). The second-order valence-electron chi connectivity index (χ2n) is 5.45. The lowest BCUT2D eigenvalue weighted by Crippen LogP contribution is -2.15. The van der Waals surface area contributed by atoms with Gasteiger partial charge in [0.2, 0.25) is 0 Å². The highest BCUT2D eigenvalue weighted by molar-refractivity contribution is 5.38. The first-order valence-corrected chi connectivity index (χ1v) is 6.42. The van der Waals surface area contributed by atoms with Gasteiger partial charge in [0.25, 0.3) is 0 Å². The van der Waals surface area contributed by atoms with Crippen molar-refractivity contribution in [3.8, 4) is 11.8 Å². The van der Waals surface area contributed by atoms with E-state index in [9.17, 15) is 0 Å². The summed E-state index contributed by atoms with van der Waals surface area (Å²) >= 11 is 0. The van der Waals surface area contributed by atoms with Crippen LogP contribution < -0.4 is 10.5 Å². The summed E-state index contributed by atoms with van der Waals surface area (Å²) < 4.78 is 5.90. The second-order valence-corrected chi connectivity index (χ2v) is 5.45. The Kier molecular flexibility index (Phi) is 3.58. The Morgan fingerprint density at radius 3 is 2.78 bits per heavy atom. The van der Waals surface area contributed by atoms with Gasteiger partial charge in [0, 0.05) is 23.4 Å². The van der Waals surface area contributed by atoms with Crippen LogP contribution in [0.1, 0.15) is 43.4 Å². The van der Waals surface area contributed by atoms with Crippen LogP contribution in [0, 0.1) is 23.7 Å². The number of hydrogen-bond donors (Lipinski definition) is 1. The summed E-state index contributed by atoms with van der Waals surface area (Å²) in [5, 5.41) is 8.79. The normalized spacial score (nSPS) is 17.9. The molecule has 1 aromatic carbocycles. The highest BCUT2D eigenvalue weighted by atomic mass is 16.5. The molecule has 0 bridgehead atoms. The summed E-state index contributed by atoms with van der Waals surface area (Å²) in [5.41, 5.74) is 8.30. The van der Waals surface area contributed by atoms with Crippen LogP contribution in [0.4, 0.5) is 0 Å². The van der Waals surface area contributed by atoms with Crippen molar-refractivity contribution in [1.82, 2.24) is 0 Å². The molecule has 3 nitrogen and oxygen atoms in total. The number of nitrogens with two attached hydrogens (primary N) is 1. The fourth-order valence-corrected chi connectivity index (χ4v) is 2.10. The van der Waals surface area contributed by atoms with Crippen molar-refractivity contribution < 1.29 is 4.74 Å². The van der Waals surface area contributed by atoms with E-state index in [0.29, 0.717) is 13.0 Å². The zero-order valence-electron chi connectivity index (χ0n) is 11.1. The Bertz CT molecular complexity index is 470. The maximum Gasteiger partial charge on any atom is 0.124 e. The minimum absolute atomic E-state index is 0.0361. The van der Waals surface area contributed by atoms with Crippen molar-refractivity contribution in [3.63, 3.8) is 0 Å². The Balaban J connectivity index is 2.08. The van der Waals surface area contributed by atoms with Crippen LogP contribution in [-0.2, 0) is 0 Å². The molecule has 0 radical (unpaired) electrons. The maximum atomic E-state index is 8.79. The Hall–Kier alpha value is -1.53. The van der Waals surface area contributed by atoms with Crippen molar-refractivity contribution in [2.75, 3.05) is 6.61 Å². The van der Waals surface area contributed by atoms with Gasteiger partial charge in [0.1, 0.15) is 5.75 Å². The van der Waals surface area contributed by atoms with Gasteiger partial charge in [-0.3, -0.25) is 0 Å². The quantitative estimate of drug-likeness (QED) is 0.865. The first kappa shape index (κ1) is 12.9. The average molecular weight is 244 g/mol. The third-order valence-electron chi connectivity index (χ3n) is 3.60.